The van der Waals surface area contributed by atoms with E-state index in [1.54, 1.807) is 6.20 Å². The van der Waals surface area contributed by atoms with Crippen molar-refractivity contribution in [1.82, 2.24) is 19.9 Å². The average molecular weight is 490 g/mol. The van der Waals surface area contributed by atoms with E-state index in [2.05, 4.69) is 24.8 Å². The first-order valence-electron chi connectivity index (χ1n) is 10.6. The van der Waals surface area contributed by atoms with Gasteiger partial charge >= 0.3 is 0 Å². The molecule has 3 aromatic rings. The zero-order valence-electron chi connectivity index (χ0n) is 18.0. The molecule has 10 nitrogen and oxygen atoms in total. The molecule has 4 N–H and O–H groups in total. The van der Waals surface area contributed by atoms with Crippen LogP contribution in [0.2, 0.25) is 5.02 Å². The number of rotatable bonds is 3. The van der Waals surface area contributed by atoms with Crippen molar-refractivity contribution in [2.75, 3.05) is 30.3 Å². The van der Waals surface area contributed by atoms with Crippen molar-refractivity contribution in [3.8, 4) is 0 Å². The Labute approximate surface area is 196 Å². The molecule has 5 rings (SSSR count). The zero-order chi connectivity index (χ0) is 23.4. The summed E-state index contributed by atoms with van der Waals surface area (Å²) >= 11 is 6.16. The number of nitrogens with zero attached hydrogens (tertiary/aromatic N) is 5. The van der Waals surface area contributed by atoms with Crippen molar-refractivity contribution in [3.05, 3.63) is 36.0 Å². The predicted octanol–water partition coefficient (Wildman–Crippen LogP) is 1.82. The summed E-state index contributed by atoms with van der Waals surface area (Å²) in [6.07, 6.45) is 7.29. The summed E-state index contributed by atoms with van der Waals surface area (Å²) in [5, 5.41) is 0.419. The Morgan fingerprint density at radius 1 is 1.18 bits per heavy atom. The summed E-state index contributed by atoms with van der Waals surface area (Å²) in [5.74, 6) is 0.576. The molecule has 2 fully saturated rings. The van der Waals surface area contributed by atoms with E-state index in [4.69, 9.17) is 27.8 Å². The fraction of sp³-hybridized carbons (Fsp3) is 0.429. The van der Waals surface area contributed by atoms with Crippen LogP contribution < -0.4 is 16.4 Å². The van der Waals surface area contributed by atoms with E-state index in [1.807, 2.05) is 6.92 Å². The largest absolute Gasteiger partial charge is 0.382 e. The third-order valence-corrected chi connectivity index (χ3v) is 9.16. The lowest BCUT2D eigenvalue weighted by molar-refractivity contribution is 0.0974. The van der Waals surface area contributed by atoms with Gasteiger partial charge in [-0.25, -0.2) is 28.4 Å². The average Bonchev–Trinajstić information content (AvgIpc) is 3.09. The van der Waals surface area contributed by atoms with Gasteiger partial charge in [0.2, 0.25) is 9.84 Å². The van der Waals surface area contributed by atoms with E-state index >= 15 is 0 Å². The summed E-state index contributed by atoms with van der Waals surface area (Å²) in [6.45, 7) is 4.12. The van der Waals surface area contributed by atoms with Gasteiger partial charge in [-0.05, 0) is 25.8 Å². The second-order valence-electron chi connectivity index (χ2n) is 8.63. The van der Waals surface area contributed by atoms with Gasteiger partial charge in [-0.1, -0.05) is 11.6 Å². The van der Waals surface area contributed by atoms with E-state index in [1.165, 1.54) is 24.8 Å². The number of ether oxygens (including phenoxy) is 1. The van der Waals surface area contributed by atoms with Crippen LogP contribution in [0.15, 0.2) is 40.8 Å². The number of nitrogen functional groups attached to an aromatic ring is 1. The highest BCUT2D eigenvalue weighted by Crippen LogP contribution is 2.43. The number of piperidine rings is 1. The molecule has 5 heterocycles. The molecule has 2 aliphatic heterocycles. The van der Waals surface area contributed by atoms with Crippen LogP contribution in [0.1, 0.15) is 19.8 Å². The van der Waals surface area contributed by atoms with Crippen LogP contribution in [0.4, 0.5) is 11.6 Å². The van der Waals surface area contributed by atoms with Gasteiger partial charge in [-0.15, -0.1) is 0 Å². The monoisotopic (exact) mass is 489 g/mol. The molecule has 1 spiro atoms. The minimum absolute atomic E-state index is 0.00208. The molecule has 2 aliphatic rings. The number of halogens is 1. The number of fused-ring (bicyclic) bond motifs is 1. The van der Waals surface area contributed by atoms with Gasteiger partial charge < -0.3 is 21.1 Å². The molecule has 33 heavy (non-hydrogen) atoms. The quantitative estimate of drug-likeness (QED) is 0.557. The maximum Gasteiger partial charge on any atom is 0.211 e. The molecule has 0 bridgehead atoms. The number of pyridine rings is 2. The van der Waals surface area contributed by atoms with Crippen LogP contribution in [0.5, 0.6) is 0 Å². The fourth-order valence-electron chi connectivity index (χ4n) is 4.79. The third kappa shape index (κ3) is 3.50. The molecule has 3 aromatic heterocycles. The van der Waals surface area contributed by atoms with E-state index in [9.17, 15) is 8.42 Å². The van der Waals surface area contributed by atoms with Crippen molar-refractivity contribution in [2.45, 2.75) is 41.7 Å². The standard InChI is InChI=1S/C21H24ClN7O3S/c1-12-18(23)21(10-32-12)3-6-29(7-4-21)20-13-8-25-11-28-17(13)15(9-27-20)33(30,31)14-2-5-26-19(24)16(14)22/h2,5,8-9,11-12,18H,3-4,6-7,10,23H2,1H3,(H2,24,26)/t12-,18+/m0/s1. The second-order valence-corrected chi connectivity index (χ2v) is 10.9. The predicted molar refractivity (Wildman–Crippen MR) is 124 cm³/mol. The maximum atomic E-state index is 13.4. The Bertz CT molecular complexity index is 1330. The van der Waals surface area contributed by atoms with Crippen molar-refractivity contribution in [3.63, 3.8) is 0 Å². The van der Waals surface area contributed by atoms with Gasteiger partial charge in [-0.3, -0.25) is 0 Å². The fourth-order valence-corrected chi connectivity index (χ4v) is 6.64. The first kappa shape index (κ1) is 22.2. The minimum Gasteiger partial charge on any atom is -0.382 e. The molecule has 0 aromatic carbocycles. The van der Waals surface area contributed by atoms with Crippen LogP contribution in [-0.2, 0) is 14.6 Å². The lowest BCUT2D eigenvalue weighted by Gasteiger charge is -2.41. The van der Waals surface area contributed by atoms with Gasteiger partial charge in [0.15, 0.2) is 0 Å². The SMILES string of the molecule is C[C@@H]1OCC2(CCN(c3ncc(S(=O)(=O)c4ccnc(N)c4Cl)c4ncncc34)CC2)[C@@H]1N. The molecular weight excluding hydrogens is 466 g/mol. The highest BCUT2D eigenvalue weighted by Gasteiger charge is 2.47. The van der Waals surface area contributed by atoms with Gasteiger partial charge in [0, 0.05) is 36.9 Å². The number of nitrogens with two attached hydrogens (primary N) is 2. The number of aromatic nitrogens is 4. The zero-order valence-corrected chi connectivity index (χ0v) is 19.6. The first-order chi connectivity index (χ1) is 15.7. The molecule has 12 heteroatoms. The van der Waals surface area contributed by atoms with Gasteiger partial charge in [-0.2, -0.15) is 0 Å². The summed E-state index contributed by atoms with van der Waals surface area (Å²) in [4.78, 5) is 18.7. The Morgan fingerprint density at radius 3 is 2.64 bits per heavy atom. The van der Waals surface area contributed by atoms with Crippen molar-refractivity contribution >= 4 is 44.0 Å². The molecular formula is C21H24ClN7O3S. The van der Waals surface area contributed by atoms with Crippen molar-refractivity contribution < 1.29 is 13.2 Å². The Kier molecular flexibility index (Phi) is 5.39. The lowest BCUT2D eigenvalue weighted by atomic mass is 9.73. The summed E-state index contributed by atoms with van der Waals surface area (Å²) < 4.78 is 32.7. The molecule has 0 radical (unpaired) electrons. The van der Waals surface area contributed by atoms with E-state index in [0.29, 0.717) is 17.8 Å². The topological polar surface area (TPSA) is 150 Å². The molecule has 174 valence electrons. The highest BCUT2D eigenvalue weighted by molar-refractivity contribution is 7.91. The van der Waals surface area contributed by atoms with Crippen LogP contribution in [0, 0.1) is 5.41 Å². The molecule has 2 atom stereocenters. The van der Waals surface area contributed by atoms with Crippen LogP contribution in [-0.4, -0.2) is 60.2 Å². The molecule has 2 saturated heterocycles. The number of sulfone groups is 1. The summed E-state index contributed by atoms with van der Waals surface area (Å²) in [7, 11) is -4.05. The molecule has 0 saturated carbocycles. The van der Waals surface area contributed by atoms with Crippen LogP contribution >= 0.6 is 11.6 Å². The Hall–Kier alpha value is -2.60. The van der Waals surface area contributed by atoms with Gasteiger partial charge in [0.05, 0.1) is 34.7 Å². The number of hydrogen-bond donors (Lipinski definition) is 2. The van der Waals surface area contributed by atoms with Gasteiger partial charge in [0.1, 0.15) is 27.9 Å². The number of anilines is 2. The van der Waals surface area contributed by atoms with E-state index in [0.717, 1.165) is 25.9 Å². The second kappa shape index (κ2) is 8.01. The van der Waals surface area contributed by atoms with E-state index < -0.39 is 9.84 Å². The normalized spacial score (nSPS) is 22.8. The van der Waals surface area contributed by atoms with Crippen LogP contribution in [0.3, 0.4) is 0 Å². The Balaban J connectivity index is 1.53. The summed E-state index contributed by atoms with van der Waals surface area (Å²) in [5.41, 5.74) is 12.4. The Morgan fingerprint density at radius 2 is 1.94 bits per heavy atom. The highest BCUT2D eigenvalue weighted by atomic mass is 35.5. The van der Waals surface area contributed by atoms with Crippen molar-refractivity contribution in [2.24, 2.45) is 11.1 Å². The maximum absolute atomic E-state index is 13.4. The first-order valence-corrected chi connectivity index (χ1v) is 12.5. The van der Waals surface area contributed by atoms with E-state index in [-0.39, 0.29) is 43.7 Å². The number of hydrogen-bond acceptors (Lipinski definition) is 10. The summed E-state index contributed by atoms with van der Waals surface area (Å²) in [6, 6.07) is 1.31. The molecule has 0 aliphatic carbocycles. The minimum atomic E-state index is -4.05. The third-order valence-electron chi connectivity index (χ3n) is 6.86. The smallest absolute Gasteiger partial charge is 0.211 e. The lowest BCUT2D eigenvalue weighted by Crippen LogP contribution is -2.50. The van der Waals surface area contributed by atoms with Crippen LogP contribution in [0.25, 0.3) is 10.9 Å². The molecule has 0 amide bonds. The van der Waals surface area contributed by atoms with Gasteiger partial charge in [0.25, 0.3) is 0 Å². The van der Waals surface area contributed by atoms with Crippen molar-refractivity contribution in [1.29, 1.82) is 0 Å². The molecule has 0 unspecified atom stereocenters.